The highest BCUT2D eigenvalue weighted by molar-refractivity contribution is 7.13. The van der Waals surface area contributed by atoms with Crippen molar-refractivity contribution in [2.24, 2.45) is 5.92 Å². The predicted molar refractivity (Wildman–Crippen MR) is 112 cm³/mol. The molecule has 1 aliphatic heterocycles. The summed E-state index contributed by atoms with van der Waals surface area (Å²) in [4.78, 5) is 15.1. The molecule has 2 heterocycles. The molecule has 0 aliphatic carbocycles. The van der Waals surface area contributed by atoms with Gasteiger partial charge in [-0.25, -0.2) is 0 Å². The Hall–Kier alpha value is -1.73. The van der Waals surface area contributed by atoms with Crippen molar-refractivity contribution in [1.82, 2.24) is 9.27 Å². The summed E-state index contributed by atoms with van der Waals surface area (Å²) in [5.74, 6) is 1.84. The molecule has 1 unspecified atom stereocenters. The highest BCUT2D eigenvalue weighted by atomic mass is 32.1. The molecule has 1 fully saturated rings. The SMILES string of the molecule is CC(CCCCCC[N+](=O)[O-])CN1CCN(c2nsc3ccccc23)CC1. The third-order valence-corrected chi connectivity index (χ3v) is 6.20. The molecule has 0 radical (unpaired) electrons. The number of benzene rings is 1. The molecule has 148 valence electrons. The fourth-order valence-corrected chi connectivity index (χ4v) is 4.66. The molecule has 1 aromatic carbocycles. The zero-order valence-corrected chi connectivity index (χ0v) is 17.0. The van der Waals surface area contributed by atoms with Gasteiger partial charge in [0.1, 0.15) is 5.82 Å². The van der Waals surface area contributed by atoms with Gasteiger partial charge in [-0.05, 0) is 42.4 Å². The lowest BCUT2D eigenvalue weighted by Gasteiger charge is -2.36. The van der Waals surface area contributed by atoms with Gasteiger partial charge in [-0.2, -0.15) is 4.37 Å². The lowest BCUT2D eigenvalue weighted by molar-refractivity contribution is -0.480. The molecule has 2 aromatic rings. The Morgan fingerprint density at radius 3 is 2.67 bits per heavy atom. The molecule has 0 saturated carbocycles. The minimum absolute atomic E-state index is 0.119. The Kier molecular flexibility index (Phi) is 7.41. The summed E-state index contributed by atoms with van der Waals surface area (Å²) in [5.41, 5.74) is 0. The Morgan fingerprint density at radius 1 is 1.15 bits per heavy atom. The highest BCUT2D eigenvalue weighted by Crippen LogP contribution is 2.29. The van der Waals surface area contributed by atoms with E-state index in [1.165, 1.54) is 22.9 Å². The van der Waals surface area contributed by atoms with Gasteiger partial charge in [0.25, 0.3) is 0 Å². The third kappa shape index (κ3) is 5.87. The fourth-order valence-electron chi connectivity index (χ4n) is 3.86. The second-order valence-corrected chi connectivity index (χ2v) is 8.46. The van der Waals surface area contributed by atoms with Crippen LogP contribution in [0.2, 0.25) is 0 Å². The van der Waals surface area contributed by atoms with Crippen LogP contribution >= 0.6 is 11.5 Å². The molecule has 27 heavy (non-hydrogen) atoms. The number of hydrogen-bond donors (Lipinski definition) is 0. The first-order valence-electron chi connectivity index (χ1n) is 10.1. The van der Waals surface area contributed by atoms with E-state index >= 15 is 0 Å². The number of piperazine rings is 1. The van der Waals surface area contributed by atoms with Gasteiger partial charge in [0, 0.05) is 49.5 Å². The number of rotatable bonds is 10. The molecule has 1 atom stereocenters. The van der Waals surface area contributed by atoms with Crippen molar-refractivity contribution in [1.29, 1.82) is 0 Å². The van der Waals surface area contributed by atoms with Gasteiger partial charge >= 0.3 is 0 Å². The maximum atomic E-state index is 10.3. The largest absolute Gasteiger partial charge is 0.353 e. The molecule has 6 nitrogen and oxygen atoms in total. The maximum absolute atomic E-state index is 10.3. The van der Waals surface area contributed by atoms with Crippen LogP contribution in [0.25, 0.3) is 10.1 Å². The first kappa shape index (κ1) is 20.0. The van der Waals surface area contributed by atoms with Crippen LogP contribution in [0.3, 0.4) is 0 Å². The first-order valence-corrected chi connectivity index (χ1v) is 10.8. The molecule has 0 bridgehead atoms. The lowest BCUT2D eigenvalue weighted by Crippen LogP contribution is -2.47. The second kappa shape index (κ2) is 9.99. The van der Waals surface area contributed by atoms with Crippen molar-refractivity contribution in [3.63, 3.8) is 0 Å². The van der Waals surface area contributed by atoms with Gasteiger partial charge in [-0.3, -0.25) is 15.0 Å². The molecule has 0 spiro atoms. The smallest absolute Gasteiger partial charge is 0.203 e. The Balaban J connectivity index is 1.35. The van der Waals surface area contributed by atoms with E-state index in [0.717, 1.165) is 51.4 Å². The summed E-state index contributed by atoms with van der Waals surface area (Å²) >= 11 is 1.59. The van der Waals surface area contributed by atoms with Crippen LogP contribution in [0.5, 0.6) is 0 Å². The summed E-state index contributed by atoms with van der Waals surface area (Å²) in [6, 6.07) is 8.49. The van der Waals surface area contributed by atoms with Crippen molar-refractivity contribution in [2.75, 3.05) is 44.2 Å². The van der Waals surface area contributed by atoms with Crippen LogP contribution in [0.1, 0.15) is 39.0 Å². The molecule has 1 aliphatic rings. The number of nitro groups is 1. The summed E-state index contributed by atoms with van der Waals surface area (Å²) in [7, 11) is 0. The molecule has 3 rings (SSSR count). The number of nitrogens with zero attached hydrogens (tertiary/aromatic N) is 4. The van der Waals surface area contributed by atoms with E-state index in [9.17, 15) is 10.1 Å². The third-order valence-electron chi connectivity index (χ3n) is 5.39. The number of aromatic nitrogens is 1. The molecular weight excluding hydrogens is 360 g/mol. The van der Waals surface area contributed by atoms with Crippen molar-refractivity contribution in [3.8, 4) is 0 Å². The number of hydrogen-bond acceptors (Lipinski definition) is 6. The van der Waals surface area contributed by atoms with Gasteiger partial charge < -0.3 is 4.90 Å². The van der Waals surface area contributed by atoms with E-state index < -0.39 is 0 Å². The summed E-state index contributed by atoms with van der Waals surface area (Å²) < 4.78 is 5.95. The second-order valence-electron chi connectivity index (χ2n) is 7.65. The van der Waals surface area contributed by atoms with Gasteiger partial charge in [-0.1, -0.05) is 31.9 Å². The van der Waals surface area contributed by atoms with Crippen LogP contribution in [-0.4, -0.2) is 53.5 Å². The maximum Gasteiger partial charge on any atom is 0.203 e. The molecule has 1 aromatic heterocycles. The van der Waals surface area contributed by atoms with Gasteiger partial charge in [-0.15, -0.1) is 0 Å². The fraction of sp³-hybridized carbons (Fsp3) is 0.650. The van der Waals surface area contributed by atoms with E-state index in [4.69, 9.17) is 0 Å². The van der Waals surface area contributed by atoms with E-state index in [-0.39, 0.29) is 11.5 Å². The summed E-state index contributed by atoms with van der Waals surface area (Å²) in [6.45, 7) is 7.88. The molecule has 7 heteroatoms. The highest BCUT2D eigenvalue weighted by Gasteiger charge is 2.21. The van der Waals surface area contributed by atoms with Crippen molar-refractivity contribution in [3.05, 3.63) is 34.4 Å². The van der Waals surface area contributed by atoms with Crippen molar-refractivity contribution < 1.29 is 4.92 Å². The van der Waals surface area contributed by atoms with Gasteiger partial charge in [0.2, 0.25) is 6.54 Å². The number of fused-ring (bicyclic) bond motifs is 1. The van der Waals surface area contributed by atoms with Gasteiger partial charge in [0.15, 0.2) is 0 Å². The average molecular weight is 391 g/mol. The molecule has 0 N–H and O–H groups in total. The zero-order valence-electron chi connectivity index (χ0n) is 16.2. The molecule has 1 saturated heterocycles. The van der Waals surface area contributed by atoms with Crippen molar-refractivity contribution in [2.45, 2.75) is 39.0 Å². The van der Waals surface area contributed by atoms with E-state index in [2.05, 4.69) is 45.4 Å². The predicted octanol–water partition coefficient (Wildman–Crippen LogP) is 4.28. The molecule has 0 amide bonds. The Labute approximate surface area is 165 Å². The lowest BCUT2D eigenvalue weighted by atomic mass is 10.0. The topological polar surface area (TPSA) is 62.5 Å². The normalized spacial score (nSPS) is 16.7. The van der Waals surface area contributed by atoms with Gasteiger partial charge in [0.05, 0.1) is 4.70 Å². The van der Waals surface area contributed by atoms with E-state index in [0.29, 0.717) is 12.3 Å². The summed E-state index contributed by atoms with van der Waals surface area (Å²) in [5, 5.41) is 11.6. The number of unbranched alkanes of at least 4 members (excludes halogenated alkanes) is 3. The quantitative estimate of drug-likeness (QED) is 0.344. The standard InChI is InChI=1S/C20H30N4O2S/c1-17(8-4-2-3-7-11-24(25)26)16-22-12-14-23(15-13-22)20-18-9-5-6-10-19(18)27-21-20/h5-6,9-10,17H,2-4,7-8,11-16H2,1H3. The summed E-state index contributed by atoms with van der Waals surface area (Å²) in [6.07, 6.45) is 5.21. The van der Waals surface area contributed by atoms with Crippen LogP contribution in [-0.2, 0) is 0 Å². The minimum atomic E-state index is -0.212. The zero-order chi connectivity index (χ0) is 19.1. The van der Waals surface area contributed by atoms with Crippen molar-refractivity contribution >= 4 is 27.4 Å². The van der Waals surface area contributed by atoms with Crippen LogP contribution in [0, 0.1) is 16.0 Å². The average Bonchev–Trinajstić information content (AvgIpc) is 3.09. The van der Waals surface area contributed by atoms with Crippen LogP contribution < -0.4 is 4.90 Å². The Morgan fingerprint density at radius 2 is 1.89 bits per heavy atom. The monoisotopic (exact) mass is 390 g/mol. The molecular formula is C20H30N4O2S. The first-order chi connectivity index (χ1) is 13.1. The van der Waals surface area contributed by atoms with Crippen LogP contribution in [0.4, 0.5) is 5.82 Å². The van der Waals surface area contributed by atoms with E-state index in [1.54, 1.807) is 11.5 Å². The minimum Gasteiger partial charge on any atom is -0.353 e. The van der Waals surface area contributed by atoms with E-state index in [1.807, 2.05) is 0 Å². The van der Waals surface area contributed by atoms with Crippen LogP contribution in [0.15, 0.2) is 24.3 Å². The number of anilines is 1. The Bertz CT molecular complexity index is 728.